The standard InChI is InChI=1S/C13H19O/c1-2-3-4-5-6-12-7-9-13(11-14)10-8-12/h7-10H,2-6,11H2,1H3. The zero-order chi connectivity index (χ0) is 10.2. The maximum absolute atomic E-state index is 10.5. The lowest BCUT2D eigenvalue weighted by Crippen LogP contribution is -1.87. The van der Waals surface area contributed by atoms with Crippen molar-refractivity contribution in [1.29, 1.82) is 0 Å². The average molecular weight is 191 g/mol. The molecule has 1 aromatic carbocycles. The van der Waals surface area contributed by atoms with E-state index in [1.54, 1.807) is 0 Å². The lowest BCUT2D eigenvalue weighted by Gasteiger charge is -2.01. The van der Waals surface area contributed by atoms with Crippen LogP contribution in [0, 0.1) is 0 Å². The molecule has 1 aromatic rings. The van der Waals surface area contributed by atoms with Crippen LogP contribution in [0.1, 0.15) is 43.7 Å². The Morgan fingerprint density at radius 2 is 1.57 bits per heavy atom. The first-order valence-corrected chi connectivity index (χ1v) is 5.52. The zero-order valence-corrected chi connectivity index (χ0v) is 8.96. The molecular formula is C13H19O. The first-order chi connectivity index (χ1) is 6.86. The van der Waals surface area contributed by atoms with Crippen LogP contribution in [0.3, 0.4) is 0 Å². The van der Waals surface area contributed by atoms with Gasteiger partial charge in [0.2, 0.25) is 0 Å². The molecule has 0 aliphatic rings. The minimum atomic E-state index is -0.101. The van der Waals surface area contributed by atoms with Gasteiger partial charge >= 0.3 is 0 Å². The molecule has 1 rings (SSSR count). The SMILES string of the molecule is CCCCCCc1ccc(C[O])cc1. The van der Waals surface area contributed by atoms with Crippen LogP contribution in [-0.4, -0.2) is 0 Å². The quantitative estimate of drug-likeness (QED) is 0.610. The summed E-state index contributed by atoms with van der Waals surface area (Å²) < 4.78 is 0. The third-order valence-electron chi connectivity index (χ3n) is 2.51. The van der Waals surface area contributed by atoms with Crippen LogP contribution in [0.15, 0.2) is 24.3 Å². The third kappa shape index (κ3) is 3.93. The van der Waals surface area contributed by atoms with Crippen molar-refractivity contribution in [2.24, 2.45) is 0 Å². The Balaban J connectivity index is 2.29. The smallest absolute Gasteiger partial charge is 0.107 e. The van der Waals surface area contributed by atoms with Crippen molar-refractivity contribution in [1.82, 2.24) is 0 Å². The van der Waals surface area contributed by atoms with Gasteiger partial charge in [-0.15, -0.1) is 0 Å². The molecule has 0 unspecified atom stereocenters. The van der Waals surface area contributed by atoms with E-state index in [1.165, 1.54) is 31.2 Å². The largest absolute Gasteiger partial charge is 0.232 e. The molecule has 0 N–H and O–H groups in total. The molecule has 0 heterocycles. The van der Waals surface area contributed by atoms with Gasteiger partial charge in [-0.1, -0.05) is 50.5 Å². The minimum absolute atomic E-state index is 0.101. The van der Waals surface area contributed by atoms with Crippen LogP contribution in [0.5, 0.6) is 0 Å². The molecule has 0 aromatic heterocycles. The molecule has 0 atom stereocenters. The summed E-state index contributed by atoms with van der Waals surface area (Å²) in [7, 11) is 0. The highest BCUT2D eigenvalue weighted by atomic mass is 16.3. The van der Waals surface area contributed by atoms with Crippen LogP contribution in [0.4, 0.5) is 0 Å². The molecular weight excluding hydrogens is 172 g/mol. The highest BCUT2D eigenvalue weighted by molar-refractivity contribution is 5.21. The van der Waals surface area contributed by atoms with Crippen molar-refractivity contribution in [3.63, 3.8) is 0 Å². The van der Waals surface area contributed by atoms with Crippen molar-refractivity contribution < 1.29 is 5.11 Å². The lowest BCUT2D eigenvalue weighted by atomic mass is 10.0. The van der Waals surface area contributed by atoms with Gasteiger partial charge in [0.15, 0.2) is 0 Å². The summed E-state index contributed by atoms with van der Waals surface area (Å²) >= 11 is 0. The van der Waals surface area contributed by atoms with Gasteiger partial charge in [-0.2, -0.15) is 0 Å². The summed E-state index contributed by atoms with van der Waals surface area (Å²) in [5, 5.41) is 10.5. The molecule has 0 saturated carbocycles. The second kappa shape index (κ2) is 6.61. The van der Waals surface area contributed by atoms with E-state index < -0.39 is 0 Å². The summed E-state index contributed by atoms with van der Waals surface area (Å²) in [5.74, 6) is 0. The Morgan fingerprint density at radius 1 is 0.929 bits per heavy atom. The lowest BCUT2D eigenvalue weighted by molar-refractivity contribution is 0.177. The van der Waals surface area contributed by atoms with E-state index in [0.717, 1.165) is 12.0 Å². The van der Waals surface area contributed by atoms with Crippen molar-refractivity contribution in [3.05, 3.63) is 35.4 Å². The molecule has 0 fully saturated rings. The van der Waals surface area contributed by atoms with Gasteiger partial charge in [-0.05, 0) is 24.0 Å². The summed E-state index contributed by atoms with van der Waals surface area (Å²) in [5.41, 5.74) is 2.25. The van der Waals surface area contributed by atoms with Crippen molar-refractivity contribution in [2.45, 2.75) is 45.6 Å². The monoisotopic (exact) mass is 191 g/mol. The van der Waals surface area contributed by atoms with Gasteiger partial charge in [0.25, 0.3) is 0 Å². The molecule has 0 saturated heterocycles. The van der Waals surface area contributed by atoms with Gasteiger partial charge in [-0.3, -0.25) is 0 Å². The van der Waals surface area contributed by atoms with Gasteiger partial charge in [0, 0.05) is 0 Å². The average Bonchev–Trinajstić information content (AvgIpc) is 2.25. The Kier molecular flexibility index (Phi) is 5.31. The van der Waals surface area contributed by atoms with Crippen LogP contribution in [0.25, 0.3) is 0 Å². The highest BCUT2D eigenvalue weighted by Gasteiger charge is 1.94. The number of unbranched alkanes of at least 4 members (excludes halogenated alkanes) is 3. The van der Waals surface area contributed by atoms with E-state index in [2.05, 4.69) is 19.1 Å². The molecule has 0 aliphatic carbocycles. The van der Waals surface area contributed by atoms with E-state index in [9.17, 15) is 5.11 Å². The predicted octanol–water partition coefficient (Wildman–Crippen LogP) is 3.74. The maximum atomic E-state index is 10.5. The Bertz CT molecular complexity index is 238. The molecule has 0 aliphatic heterocycles. The number of hydrogen-bond acceptors (Lipinski definition) is 0. The molecule has 14 heavy (non-hydrogen) atoms. The topological polar surface area (TPSA) is 19.9 Å². The molecule has 0 bridgehead atoms. The fourth-order valence-corrected chi connectivity index (χ4v) is 1.56. The second-order valence-electron chi connectivity index (χ2n) is 3.77. The fourth-order valence-electron chi connectivity index (χ4n) is 1.56. The Labute approximate surface area is 86.8 Å². The summed E-state index contributed by atoms with van der Waals surface area (Å²) in [6.07, 6.45) is 6.36. The maximum Gasteiger partial charge on any atom is 0.107 e. The van der Waals surface area contributed by atoms with E-state index in [1.807, 2.05) is 12.1 Å². The van der Waals surface area contributed by atoms with Gasteiger partial charge < -0.3 is 0 Å². The Hall–Kier alpha value is -0.820. The number of benzene rings is 1. The summed E-state index contributed by atoms with van der Waals surface area (Å²) in [4.78, 5) is 0. The van der Waals surface area contributed by atoms with Gasteiger partial charge in [0.1, 0.15) is 6.61 Å². The minimum Gasteiger partial charge on any atom is -0.232 e. The van der Waals surface area contributed by atoms with E-state index >= 15 is 0 Å². The summed E-state index contributed by atoms with van der Waals surface area (Å²) in [6.45, 7) is 2.12. The normalized spacial score (nSPS) is 10.4. The highest BCUT2D eigenvalue weighted by Crippen LogP contribution is 2.09. The molecule has 1 heteroatoms. The molecule has 1 radical (unpaired) electrons. The van der Waals surface area contributed by atoms with Crippen molar-refractivity contribution in [2.75, 3.05) is 0 Å². The third-order valence-corrected chi connectivity index (χ3v) is 2.51. The second-order valence-corrected chi connectivity index (χ2v) is 3.77. The first-order valence-electron chi connectivity index (χ1n) is 5.52. The fraction of sp³-hybridized carbons (Fsp3) is 0.538. The predicted molar refractivity (Wildman–Crippen MR) is 58.7 cm³/mol. The number of hydrogen-bond donors (Lipinski definition) is 0. The zero-order valence-electron chi connectivity index (χ0n) is 8.96. The van der Waals surface area contributed by atoms with Crippen LogP contribution in [-0.2, 0) is 18.1 Å². The molecule has 0 amide bonds. The number of rotatable bonds is 6. The van der Waals surface area contributed by atoms with Crippen molar-refractivity contribution in [3.8, 4) is 0 Å². The van der Waals surface area contributed by atoms with E-state index in [0.29, 0.717) is 0 Å². The van der Waals surface area contributed by atoms with Gasteiger partial charge in [0.05, 0.1) is 0 Å². The van der Waals surface area contributed by atoms with Crippen LogP contribution < -0.4 is 0 Å². The molecule has 77 valence electrons. The number of aryl methyl sites for hydroxylation is 1. The molecule has 1 nitrogen and oxygen atoms in total. The first kappa shape index (κ1) is 11.3. The summed E-state index contributed by atoms with van der Waals surface area (Å²) in [6, 6.07) is 8.06. The van der Waals surface area contributed by atoms with E-state index in [-0.39, 0.29) is 6.61 Å². The molecule has 0 spiro atoms. The van der Waals surface area contributed by atoms with Gasteiger partial charge in [-0.25, -0.2) is 5.11 Å². The van der Waals surface area contributed by atoms with E-state index in [4.69, 9.17) is 0 Å². The van der Waals surface area contributed by atoms with Crippen LogP contribution >= 0.6 is 0 Å². The Morgan fingerprint density at radius 3 is 2.14 bits per heavy atom. The van der Waals surface area contributed by atoms with Crippen molar-refractivity contribution >= 4 is 0 Å². The van der Waals surface area contributed by atoms with Crippen LogP contribution in [0.2, 0.25) is 0 Å².